The maximum atomic E-state index is 12.8. The second-order valence-electron chi connectivity index (χ2n) is 17.5. The average molecular weight is 825 g/mol. The molecule has 4 unspecified atom stereocenters. The van der Waals surface area contributed by atoms with E-state index in [2.05, 4.69) is 9.80 Å². The van der Waals surface area contributed by atoms with E-state index in [1.807, 2.05) is 23.6 Å². The number of sulfonamides is 2. The van der Waals surface area contributed by atoms with Gasteiger partial charge < -0.3 is 9.80 Å². The molecule has 6 rings (SSSR count). The van der Waals surface area contributed by atoms with Gasteiger partial charge in [0.15, 0.2) is 5.75 Å². The van der Waals surface area contributed by atoms with Crippen LogP contribution in [0.15, 0.2) is 0 Å². The Morgan fingerprint density at radius 1 is 0.545 bits per heavy atom. The van der Waals surface area contributed by atoms with E-state index >= 15 is 0 Å². The van der Waals surface area contributed by atoms with E-state index in [0.29, 0.717) is 51.0 Å². The molecule has 0 N–H and O–H groups in total. The number of carbonyl (C=O) groups is 2. The quantitative estimate of drug-likeness (QED) is 0.343. The molecule has 4 aliphatic heterocycles. The van der Waals surface area contributed by atoms with Crippen molar-refractivity contribution in [3.05, 3.63) is 0 Å². The molecule has 0 aromatic rings. The molecular formula is C38H67F3N6O6S2. The third-order valence-electron chi connectivity index (χ3n) is 12.8. The maximum absolute atomic E-state index is 12.8. The Hall–Kier alpha value is -1.53. The number of alkyl halides is 3. The predicted molar refractivity (Wildman–Crippen MR) is 207 cm³/mol. The summed E-state index contributed by atoms with van der Waals surface area (Å²) < 4.78 is 89.0. The van der Waals surface area contributed by atoms with Crippen LogP contribution in [0.1, 0.15) is 90.9 Å². The third-order valence-corrected chi connectivity index (χ3v) is 16.9. The van der Waals surface area contributed by atoms with Crippen LogP contribution in [0.2, 0.25) is 0 Å². The molecule has 2 saturated carbocycles. The van der Waals surface area contributed by atoms with Gasteiger partial charge in [0.25, 0.3) is 0 Å². The molecule has 12 nitrogen and oxygen atoms in total. The zero-order chi connectivity index (χ0) is 39.8. The van der Waals surface area contributed by atoms with Crippen molar-refractivity contribution in [1.82, 2.24) is 28.2 Å². The van der Waals surface area contributed by atoms with Crippen molar-refractivity contribution in [2.24, 2.45) is 29.6 Å². The number of nitrogens with zero attached hydrogens (tertiary/aromatic N) is 6. The summed E-state index contributed by atoms with van der Waals surface area (Å²) in [6, 6.07) is 0. The van der Waals surface area contributed by atoms with Crippen molar-refractivity contribution in [1.29, 1.82) is 0 Å². The van der Waals surface area contributed by atoms with Crippen molar-refractivity contribution in [2.45, 2.75) is 97.1 Å². The van der Waals surface area contributed by atoms with Gasteiger partial charge in [-0.1, -0.05) is 52.4 Å². The summed E-state index contributed by atoms with van der Waals surface area (Å²) in [5, 5.41) is 0. The first-order valence-corrected chi connectivity index (χ1v) is 24.2. The molecular weight excluding hydrogens is 758 g/mol. The molecule has 4 atom stereocenters. The molecule has 0 aromatic carbocycles. The molecule has 6 fully saturated rings. The van der Waals surface area contributed by atoms with Crippen molar-refractivity contribution in [3.63, 3.8) is 0 Å². The lowest BCUT2D eigenvalue weighted by molar-refractivity contribution is -0.136. The van der Waals surface area contributed by atoms with E-state index in [-0.39, 0.29) is 49.7 Å². The molecule has 0 aromatic heterocycles. The first kappa shape index (κ1) is 44.6. The number of piperidine rings is 2. The fourth-order valence-electron chi connectivity index (χ4n) is 9.83. The lowest BCUT2D eigenvalue weighted by Gasteiger charge is -2.41. The molecule has 17 heteroatoms. The Bertz CT molecular complexity index is 1480. The highest BCUT2D eigenvalue weighted by molar-refractivity contribution is 7.89. The summed E-state index contributed by atoms with van der Waals surface area (Å²) in [6.07, 6.45) is 8.97. The Morgan fingerprint density at radius 2 is 0.964 bits per heavy atom. The molecule has 4 heterocycles. The number of likely N-dealkylation sites (tertiary alicyclic amines) is 2. The van der Waals surface area contributed by atoms with Crippen LogP contribution < -0.4 is 0 Å². The van der Waals surface area contributed by atoms with Gasteiger partial charge in [0, 0.05) is 65.4 Å². The fraction of sp³-hybridized carbons (Fsp3) is 0.947. The Labute approximate surface area is 328 Å². The first-order valence-electron chi connectivity index (χ1n) is 21.0. The number of halogens is 3. The second-order valence-corrected chi connectivity index (χ2v) is 21.4. The zero-order valence-electron chi connectivity index (χ0n) is 33.3. The minimum Gasteiger partial charge on any atom is -0.341 e. The van der Waals surface area contributed by atoms with Crippen molar-refractivity contribution in [3.8, 4) is 0 Å². The standard InChI is InChI=1S/C20H37N3O3S.C18H30F3N3O3S/c1-17(2)16-27(25,26)23-10-5-9-21(12-13-23)15-20(24)22-11-8-18-6-3-4-7-19(18)14-22;19-18(20,21)14-28(26,27)24-8-3-7-22(10-11-24)13-17(25)23-9-6-15-4-1-2-5-16(15)12-23/h17-19H,3-16H2,1-2H3;15-16H,1-14H2. The van der Waals surface area contributed by atoms with Gasteiger partial charge in [0.2, 0.25) is 31.9 Å². The van der Waals surface area contributed by atoms with Gasteiger partial charge in [-0.3, -0.25) is 19.4 Å². The van der Waals surface area contributed by atoms with Crippen LogP contribution in [0.3, 0.4) is 0 Å². The highest BCUT2D eigenvalue weighted by Gasteiger charge is 2.40. The van der Waals surface area contributed by atoms with Crippen LogP contribution in [0, 0.1) is 29.6 Å². The largest absolute Gasteiger partial charge is 0.404 e. The highest BCUT2D eigenvalue weighted by Crippen LogP contribution is 2.37. The number of fused-ring (bicyclic) bond motifs is 2. The summed E-state index contributed by atoms with van der Waals surface area (Å²) in [6.45, 7) is 11.4. The number of hydrogen-bond acceptors (Lipinski definition) is 8. The minimum atomic E-state index is -4.74. The molecule has 55 heavy (non-hydrogen) atoms. The lowest BCUT2D eigenvalue weighted by Crippen LogP contribution is -2.48. The van der Waals surface area contributed by atoms with E-state index in [9.17, 15) is 39.6 Å². The predicted octanol–water partition coefficient (Wildman–Crippen LogP) is 3.94. The summed E-state index contributed by atoms with van der Waals surface area (Å²) in [7, 11) is -7.54. The topological polar surface area (TPSA) is 122 Å². The highest BCUT2D eigenvalue weighted by atomic mass is 32.2. The normalized spacial score (nSPS) is 28.7. The van der Waals surface area contributed by atoms with Crippen molar-refractivity contribution >= 4 is 31.9 Å². The molecule has 4 saturated heterocycles. The smallest absolute Gasteiger partial charge is 0.341 e. The monoisotopic (exact) mass is 824 g/mol. The summed E-state index contributed by atoms with van der Waals surface area (Å²) in [4.78, 5) is 33.6. The van der Waals surface area contributed by atoms with E-state index in [1.54, 1.807) is 4.31 Å². The molecule has 6 aliphatic rings. The number of rotatable bonds is 9. The molecule has 0 bridgehead atoms. The van der Waals surface area contributed by atoms with Crippen LogP contribution in [-0.2, 0) is 29.6 Å². The van der Waals surface area contributed by atoms with E-state index < -0.39 is 32.0 Å². The number of hydrogen-bond donors (Lipinski definition) is 0. The molecule has 318 valence electrons. The SMILES string of the molecule is CC(C)CS(=O)(=O)N1CCCN(CC(=O)N2CCC3CCCCC3C2)CC1.O=C(CN1CCCN(S(=O)(=O)CC(F)(F)F)CC1)N1CCC2CCCCC2C1. The summed E-state index contributed by atoms with van der Waals surface area (Å²) >= 11 is 0. The van der Waals surface area contributed by atoms with Gasteiger partial charge in [-0.15, -0.1) is 0 Å². The van der Waals surface area contributed by atoms with Crippen molar-refractivity contribution in [2.75, 3.05) is 103 Å². The van der Waals surface area contributed by atoms with Gasteiger partial charge in [0.1, 0.15) is 0 Å². The van der Waals surface area contributed by atoms with Crippen LogP contribution in [-0.4, -0.2) is 166 Å². The Kier molecular flexibility index (Phi) is 16.2. The molecule has 0 radical (unpaired) electrons. The molecule has 2 amide bonds. The van der Waals surface area contributed by atoms with Crippen LogP contribution in [0.5, 0.6) is 0 Å². The zero-order valence-corrected chi connectivity index (χ0v) is 34.9. The van der Waals surface area contributed by atoms with Crippen LogP contribution >= 0.6 is 0 Å². The average Bonchev–Trinajstić information content (AvgIpc) is 3.52. The van der Waals surface area contributed by atoms with Gasteiger partial charge in [-0.25, -0.2) is 25.4 Å². The molecule has 0 spiro atoms. The maximum Gasteiger partial charge on any atom is 0.404 e. The van der Waals surface area contributed by atoms with E-state index in [0.717, 1.165) is 68.1 Å². The molecule has 2 aliphatic carbocycles. The minimum absolute atomic E-state index is 0.00358. The van der Waals surface area contributed by atoms with Gasteiger partial charge >= 0.3 is 6.18 Å². The second kappa shape index (κ2) is 20.0. The van der Waals surface area contributed by atoms with Crippen LogP contribution in [0.25, 0.3) is 0 Å². The van der Waals surface area contributed by atoms with E-state index in [1.165, 1.54) is 51.4 Å². The summed E-state index contributed by atoms with van der Waals surface area (Å²) in [5.74, 6) is 1.68. The first-order chi connectivity index (χ1) is 26.0. The van der Waals surface area contributed by atoms with Crippen LogP contribution in [0.4, 0.5) is 13.2 Å². The van der Waals surface area contributed by atoms with Crippen molar-refractivity contribution < 1.29 is 39.6 Å². The fourth-order valence-corrected chi connectivity index (χ4v) is 13.0. The Morgan fingerprint density at radius 3 is 1.38 bits per heavy atom. The van der Waals surface area contributed by atoms with Gasteiger partial charge in [-0.05, 0) is 81.2 Å². The third kappa shape index (κ3) is 13.5. The van der Waals surface area contributed by atoms with Gasteiger partial charge in [0.05, 0.1) is 18.8 Å². The van der Waals surface area contributed by atoms with Gasteiger partial charge in [-0.2, -0.15) is 13.2 Å². The number of amides is 2. The van der Waals surface area contributed by atoms with E-state index in [4.69, 9.17) is 0 Å². The summed E-state index contributed by atoms with van der Waals surface area (Å²) in [5.41, 5.74) is 0. The Balaban J connectivity index is 0.000000211. The lowest BCUT2D eigenvalue weighted by atomic mass is 9.75. The number of carbonyl (C=O) groups excluding carboxylic acids is 2.